The summed E-state index contributed by atoms with van der Waals surface area (Å²) >= 11 is 5.88. The standard InChI is InChI=1S/C11H16ClN3O/c1-7-5-9(3-4-16-7)15-11-6-10(12)13-8(2)14-11/h6-7,9H,3-5H2,1-2H3,(H,13,14,15). The van der Waals surface area contributed by atoms with E-state index < -0.39 is 0 Å². The van der Waals surface area contributed by atoms with E-state index in [0.717, 1.165) is 25.3 Å². The van der Waals surface area contributed by atoms with Crippen LogP contribution >= 0.6 is 11.6 Å². The number of rotatable bonds is 2. The van der Waals surface area contributed by atoms with Crippen molar-refractivity contribution in [2.75, 3.05) is 11.9 Å². The number of aromatic nitrogens is 2. The van der Waals surface area contributed by atoms with Crippen molar-refractivity contribution in [3.8, 4) is 0 Å². The fraction of sp³-hybridized carbons (Fsp3) is 0.636. The second-order valence-corrected chi connectivity index (χ2v) is 4.56. The zero-order valence-corrected chi connectivity index (χ0v) is 10.3. The molecule has 1 fully saturated rings. The van der Waals surface area contributed by atoms with Crippen molar-refractivity contribution in [2.24, 2.45) is 0 Å². The quantitative estimate of drug-likeness (QED) is 0.808. The van der Waals surface area contributed by atoms with Crippen LogP contribution < -0.4 is 5.32 Å². The first-order valence-electron chi connectivity index (χ1n) is 5.53. The Morgan fingerprint density at radius 2 is 2.31 bits per heavy atom. The molecule has 1 aliphatic heterocycles. The summed E-state index contributed by atoms with van der Waals surface area (Å²) in [7, 11) is 0. The van der Waals surface area contributed by atoms with Crippen molar-refractivity contribution < 1.29 is 4.74 Å². The van der Waals surface area contributed by atoms with Crippen molar-refractivity contribution in [1.82, 2.24) is 9.97 Å². The fourth-order valence-electron chi connectivity index (χ4n) is 1.94. The number of hydrogen-bond acceptors (Lipinski definition) is 4. The largest absolute Gasteiger partial charge is 0.378 e. The number of anilines is 1. The Morgan fingerprint density at radius 1 is 1.50 bits per heavy atom. The van der Waals surface area contributed by atoms with Crippen molar-refractivity contribution in [3.63, 3.8) is 0 Å². The van der Waals surface area contributed by atoms with E-state index in [0.29, 0.717) is 23.1 Å². The van der Waals surface area contributed by atoms with Gasteiger partial charge in [-0.05, 0) is 26.7 Å². The summed E-state index contributed by atoms with van der Waals surface area (Å²) in [5.74, 6) is 1.49. The van der Waals surface area contributed by atoms with Crippen LogP contribution in [0.15, 0.2) is 6.07 Å². The third-order valence-corrected chi connectivity index (χ3v) is 2.84. The fourth-order valence-corrected chi connectivity index (χ4v) is 2.17. The van der Waals surface area contributed by atoms with E-state index in [1.165, 1.54) is 0 Å². The summed E-state index contributed by atoms with van der Waals surface area (Å²) in [5.41, 5.74) is 0. The molecule has 0 radical (unpaired) electrons. The van der Waals surface area contributed by atoms with Gasteiger partial charge in [0, 0.05) is 18.7 Å². The van der Waals surface area contributed by atoms with Gasteiger partial charge in [-0.3, -0.25) is 0 Å². The van der Waals surface area contributed by atoms with E-state index in [1.54, 1.807) is 6.07 Å². The lowest BCUT2D eigenvalue weighted by molar-refractivity contribution is 0.0232. The molecule has 16 heavy (non-hydrogen) atoms. The van der Waals surface area contributed by atoms with E-state index in [2.05, 4.69) is 22.2 Å². The Morgan fingerprint density at radius 3 is 3.00 bits per heavy atom. The molecular weight excluding hydrogens is 226 g/mol. The van der Waals surface area contributed by atoms with Gasteiger partial charge >= 0.3 is 0 Å². The monoisotopic (exact) mass is 241 g/mol. The van der Waals surface area contributed by atoms with Crippen LogP contribution in [-0.4, -0.2) is 28.7 Å². The molecule has 2 unspecified atom stereocenters. The molecule has 1 aromatic heterocycles. The summed E-state index contributed by atoms with van der Waals surface area (Å²) < 4.78 is 5.49. The lowest BCUT2D eigenvalue weighted by Crippen LogP contribution is -2.32. The Hall–Kier alpha value is -0.870. The maximum absolute atomic E-state index is 5.88. The molecule has 0 saturated carbocycles. The van der Waals surface area contributed by atoms with Gasteiger partial charge in [0.2, 0.25) is 0 Å². The topological polar surface area (TPSA) is 47.0 Å². The van der Waals surface area contributed by atoms with Gasteiger partial charge in [-0.2, -0.15) is 0 Å². The lowest BCUT2D eigenvalue weighted by atomic mass is 10.0. The van der Waals surface area contributed by atoms with E-state index in [4.69, 9.17) is 16.3 Å². The van der Waals surface area contributed by atoms with Crippen LogP contribution in [0.5, 0.6) is 0 Å². The summed E-state index contributed by atoms with van der Waals surface area (Å²) in [6.45, 7) is 4.73. The van der Waals surface area contributed by atoms with Crippen LogP contribution in [0.4, 0.5) is 5.82 Å². The summed E-state index contributed by atoms with van der Waals surface area (Å²) in [6, 6.07) is 2.17. The van der Waals surface area contributed by atoms with E-state index >= 15 is 0 Å². The Bertz CT molecular complexity index is 352. The van der Waals surface area contributed by atoms with Gasteiger partial charge in [0.05, 0.1) is 6.10 Å². The molecular formula is C11H16ClN3O. The Kier molecular flexibility index (Phi) is 3.61. The number of aryl methyl sites for hydroxylation is 1. The van der Waals surface area contributed by atoms with Gasteiger partial charge in [-0.15, -0.1) is 0 Å². The number of halogens is 1. The minimum atomic E-state index is 0.310. The molecule has 2 heterocycles. The minimum absolute atomic E-state index is 0.310. The smallest absolute Gasteiger partial charge is 0.134 e. The summed E-state index contributed by atoms with van der Waals surface area (Å²) in [6.07, 6.45) is 2.32. The van der Waals surface area contributed by atoms with E-state index in [9.17, 15) is 0 Å². The molecule has 0 spiro atoms. The normalized spacial score (nSPS) is 25.4. The van der Waals surface area contributed by atoms with Gasteiger partial charge in [0.1, 0.15) is 16.8 Å². The molecule has 88 valence electrons. The number of nitrogens with zero attached hydrogens (tertiary/aromatic N) is 2. The third-order valence-electron chi connectivity index (χ3n) is 2.64. The molecule has 1 N–H and O–H groups in total. The van der Waals surface area contributed by atoms with Crippen LogP contribution in [-0.2, 0) is 4.74 Å². The molecule has 1 aromatic rings. The zero-order valence-electron chi connectivity index (χ0n) is 9.53. The highest BCUT2D eigenvalue weighted by atomic mass is 35.5. The molecule has 1 aliphatic rings. The molecule has 0 amide bonds. The van der Waals surface area contributed by atoms with Crippen LogP contribution in [0.25, 0.3) is 0 Å². The van der Waals surface area contributed by atoms with Crippen molar-refractivity contribution in [3.05, 3.63) is 17.0 Å². The van der Waals surface area contributed by atoms with Gasteiger partial charge < -0.3 is 10.1 Å². The van der Waals surface area contributed by atoms with E-state index in [-0.39, 0.29) is 0 Å². The van der Waals surface area contributed by atoms with Crippen LogP contribution in [0, 0.1) is 6.92 Å². The Balaban J connectivity index is 2.02. The van der Waals surface area contributed by atoms with Gasteiger partial charge in [-0.25, -0.2) is 9.97 Å². The second-order valence-electron chi connectivity index (χ2n) is 4.17. The highest BCUT2D eigenvalue weighted by Crippen LogP contribution is 2.19. The van der Waals surface area contributed by atoms with Crippen molar-refractivity contribution in [1.29, 1.82) is 0 Å². The molecule has 4 nitrogen and oxygen atoms in total. The average Bonchev–Trinajstić information content (AvgIpc) is 2.15. The van der Waals surface area contributed by atoms with Crippen LogP contribution in [0.2, 0.25) is 5.15 Å². The summed E-state index contributed by atoms with van der Waals surface area (Å²) in [4.78, 5) is 8.34. The molecule has 2 atom stereocenters. The van der Waals surface area contributed by atoms with Gasteiger partial charge in [0.15, 0.2) is 0 Å². The molecule has 1 saturated heterocycles. The first-order chi connectivity index (χ1) is 7.63. The van der Waals surface area contributed by atoms with Gasteiger partial charge in [0.25, 0.3) is 0 Å². The predicted molar refractivity (Wildman–Crippen MR) is 63.8 cm³/mol. The number of hydrogen-bond donors (Lipinski definition) is 1. The first-order valence-corrected chi connectivity index (χ1v) is 5.90. The third kappa shape index (κ3) is 3.06. The Labute approximate surface area is 100 Å². The minimum Gasteiger partial charge on any atom is -0.378 e. The maximum atomic E-state index is 5.88. The molecule has 0 aromatic carbocycles. The van der Waals surface area contributed by atoms with Crippen LogP contribution in [0.1, 0.15) is 25.6 Å². The van der Waals surface area contributed by atoms with Gasteiger partial charge in [-0.1, -0.05) is 11.6 Å². The first kappa shape index (κ1) is 11.6. The molecule has 2 rings (SSSR count). The lowest BCUT2D eigenvalue weighted by Gasteiger charge is -2.28. The maximum Gasteiger partial charge on any atom is 0.134 e. The number of nitrogens with one attached hydrogen (secondary N) is 1. The zero-order chi connectivity index (χ0) is 11.5. The summed E-state index contributed by atoms with van der Waals surface area (Å²) in [5, 5.41) is 3.86. The second kappa shape index (κ2) is 4.97. The highest BCUT2D eigenvalue weighted by Gasteiger charge is 2.19. The predicted octanol–water partition coefficient (Wildman–Crippen LogP) is 2.42. The molecule has 0 aliphatic carbocycles. The molecule has 5 heteroatoms. The van der Waals surface area contributed by atoms with Crippen LogP contribution in [0.3, 0.4) is 0 Å². The highest BCUT2D eigenvalue weighted by molar-refractivity contribution is 6.29. The number of ether oxygens (including phenoxy) is 1. The average molecular weight is 242 g/mol. The van der Waals surface area contributed by atoms with Crippen molar-refractivity contribution >= 4 is 17.4 Å². The molecule has 0 bridgehead atoms. The SMILES string of the molecule is Cc1nc(Cl)cc(NC2CCOC(C)C2)n1. The van der Waals surface area contributed by atoms with E-state index in [1.807, 2.05) is 6.92 Å². The van der Waals surface area contributed by atoms with Crippen molar-refractivity contribution in [2.45, 2.75) is 38.8 Å².